The minimum Gasteiger partial charge on any atom is -0.309 e. The molecule has 0 aliphatic carbocycles. The molecule has 0 bridgehead atoms. The van der Waals surface area contributed by atoms with Gasteiger partial charge in [0, 0.05) is 5.56 Å². The van der Waals surface area contributed by atoms with Gasteiger partial charge in [-0.1, -0.05) is 24.3 Å². The monoisotopic (exact) mass is 361 g/mol. The Morgan fingerprint density at radius 1 is 1.10 bits per heavy atom. The van der Waals surface area contributed by atoms with E-state index in [-0.39, 0.29) is 10.0 Å². The zero-order valence-electron chi connectivity index (χ0n) is 11.0. The van der Waals surface area contributed by atoms with Crippen molar-refractivity contribution in [1.29, 1.82) is 0 Å². The fourth-order valence-electron chi connectivity index (χ4n) is 2.14. The summed E-state index contributed by atoms with van der Waals surface area (Å²) in [5.41, 5.74) is -0.119. The third kappa shape index (κ3) is 3.44. The predicted octanol–water partition coefficient (Wildman–Crippen LogP) is 4.92. The summed E-state index contributed by atoms with van der Waals surface area (Å²) >= 11 is 3.08. The van der Waals surface area contributed by atoms with Crippen molar-refractivity contribution in [2.24, 2.45) is 0 Å². The van der Waals surface area contributed by atoms with Crippen LogP contribution in [-0.2, 0) is 6.18 Å². The summed E-state index contributed by atoms with van der Waals surface area (Å²) in [5, 5.41) is 2.85. The van der Waals surface area contributed by atoms with Gasteiger partial charge in [0.2, 0.25) is 0 Å². The van der Waals surface area contributed by atoms with E-state index >= 15 is 0 Å². The van der Waals surface area contributed by atoms with Crippen molar-refractivity contribution in [3.8, 4) is 0 Å². The van der Waals surface area contributed by atoms with Crippen molar-refractivity contribution < 1.29 is 17.6 Å². The van der Waals surface area contributed by atoms with E-state index in [2.05, 4.69) is 21.2 Å². The molecule has 1 unspecified atom stereocenters. The molecule has 0 amide bonds. The number of hydrogen-bond acceptors (Lipinski definition) is 1. The second-order valence-corrected chi connectivity index (χ2v) is 5.34. The summed E-state index contributed by atoms with van der Waals surface area (Å²) in [7, 11) is 1.57. The van der Waals surface area contributed by atoms with Gasteiger partial charge in [0.1, 0.15) is 5.82 Å². The van der Waals surface area contributed by atoms with E-state index in [1.54, 1.807) is 19.2 Å². The summed E-state index contributed by atoms with van der Waals surface area (Å²) in [4.78, 5) is 0. The molecule has 6 heteroatoms. The van der Waals surface area contributed by atoms with Crippen molar-refractivity contribution in [2.45, 2.75) is 12.2 Å². The highest BCUT2D eigenvalue weighted by molar-refractivity contribution is 9.10. The highest BCUT2D eigenvalue weighted by atomic mass is 79.9. The Morgan fingerprint density at radius 3 is 2.38 bits per heavy atom. The molecule has 0 radical (unpaired) electrons. The quantitative estimate of drug-likeness (QED) is 0.765. The van der Waals surface area contributed by atoms with Crippen molar-refractivity contribution in [3.05, 3.63) is 69.4 Å². The first kappa shape index (κ1) is 16.0. The zero-order valence-corrected chi connectivity index (χ0v) is 12.6. The average Bonchev–Trinajstić information content (AvgIpc) is 2.44. The number of rotatable bonds is 3. The van der Waals surface area contributed by atoms with Gasteiger partial charge in [0.25, 0.3) is 0 Å². The molecule has 1 N–H and O–H groups in total. The van der Waals surface area contributed by atoms with Crippen LogP contribution in [-0.4, -0.2) is 7.05 Å². The van der Waals surface area contributed by atoms with E-state index in [0.29, 0.717) is 5.56 Å². The van der Waals surface area contributed by atoms with Gasteiger partial charge in [-0.05, 0) is 46.7 Å². The molecule has 2 aromatic carbocycles. The fourth-order valence-corrected chi connectivity index (χ4v) is 2.52. The van der Waals surface area contributed by atoms with E-state index in [0.717, 1.165) is 12.1 Å². The van der Waals surface area contributed by atoms with E-state index in [1.165, 1.54) is 18.2 Å². The molecule has 21 heavy (non-hydrogen) atoms. The first-order valence-electron chi connectivity index (χ1n) is 6.13. The summed E-state index contributed by atoms with van der Waals surface area (Å²) in [6, 6.07) is 8.94. The van der Waals surface area contributed by atoms with Gasteiger partial charge in [0.05, 0.1) is 16.1 Å². The molecule has 2 rings (SSSR count). The molecule has 0 spiro atoms. The van der Waals surface area contributed by atoms with E-state index in [9.17, 15) is 17.6 Å². The molecule has 0 heterocycles. The van der Waals surface area contributed by atoms with Gasteiger partial charge >= 0.3 is 6.18 Å². The number of alkyl halides is 3. The Morgan fingerprint density at radius 2 is 1.76 bits per heavy atom. The molecule has 112 valence electrons. The number of hydrogen-bond donors (Lipinski definition) is 1. The van der Waals surface area contributed by atoms with Crippen LogP contribution in [0.5, 0.6) is 0 Å². The van der Waals surface area contributed by atoms with Crippen LogP contribution in [0.25, 0.3) is 0 Å². The molecule has 2 aromatic rings. The maximum atomic E-state index is 14.1. The highest BCUT2D eigenvalue weighted by Gasteiger charge is 2.31. The molecule has 1 atom stereocenters. The fraction of sp³-hybridized carbons (Fsp3) is 0.200. The van der Waals surface area contributed by atoms with Crippen LogP contribution in [0.4, 0.5) is 17.6 Å². The Labute approximate surface area is 128 Å². The molecular formula is C15H12BrF4N. The van der Waals surface area contributed by atoms with Crippen molar-refractivity contribution >= 4 is 15.9 Å². The summed E-state index contributed by atoms with van der Waals surface area (Å²) in [5.74, 6) is -0.491. The second-order valence-electron chi connectivity index (χ2n) is 4.49. The largest absolute Gasteiger partial charge is 0.416 e. The van der Waals surface area contributed by atoms with Crippen molar-refractivity contribution in [2.75, 3.05) is 7.05 Å². The van der Waals surface area contributed by atoms with Crippen molar-refractivity contribution in [3.63, 3.8) is 0 Å². The van der Waals surface area contributed by atoms with Gasteiger partial charge in [-0.2, -0.15) is 13.2 Å². The minimum atomic E-state index is -4.43. The van der Waals surface area contributed by atoms with Crippen LogP contribution in [0.15, 0.2) is 46.9 Å². The van der Waals surface area contributed by atoms with Crippen LogP contribution in [0, 0.1) is 5.82 Å². The molecule has 0 aromatic heterocycles. The first-order valence-corrected chi connectivity index (χ1v) is 6.92. The topological polar surface area (TPSA) is 12.0 Å². The summed E-state index contributed by atoms with van der Waals surface area (Å²) in [6.07, 6.45) is -4.43. The molecule has 1 nitrogen and oxygen atoms in total. The average molecular weight is 362 g/mol. The third-order valence-electron chi connectivity index (χ3n) is 3.13. The van der Waals surface area contributed by atoms with Crippen LogP contribution >= 0.6 is 15.9 Å². The molecular weight excluding hydrogens is 350 g/mol. The molecule has 0 aliphatic rings. The van der Waals surface area contributed by atoms with Crippen LogP contribution in [0.2, 0.25) is 0 Å². The van der Waals surface area contributed by atoms with E-state index in [4.69, 9.17) is 0 Å². The van der Waals surface area contributed by atoms with E-state index in [1.807, 2.05) is 0 Å². The van der Waals surface area contributed by atoms with Gasteiger partial charge in [-0.25, -0.2) is 4.39 Å². The van der Waals surface area contributed by atoms with Crippen LogP contribution in [0.1, 0.15) is 22.7 Å². The minimum absolute atomic E-state index is 0.271. The number of benzene rings is 2. The Hall–Kier alpha value is -1.40. The standard InChI is InChI=1S/C15H12BrF4N/c1-21-14(11-6-3-7-12(16)13(11)17)9-4-2-5-10(8-9)15(18,19)20/h2-8,14,21H,1H3. The SMILES string of the molecule is CNC(c1cccc(C(F)(F)F)c1)c1cccc(Br)c1F. The number of halogens is 5. The van der Waals surface area contributed by atoms with Crippen LogP contribution in [0.3, 0.4) is 0 Å². The van der Waals surface area contributed by atoms with Crippen molar-refractivity contribution in [1.82, 2.24) is 5.32 Å². The smallest absolute Gasteiger partial charge is 0.309 e. The maximum Gasteiger partial charge on any atom is 0.416 e. The highest BCUT2D eigenvalue weighted by Crippen LogP contribution is 2.33. The molecule has 0 saturated heterocycles. The normalized spacial score (nSPS) is 13.2. The molecule has 0 aliphatic heterocycles. The van der Waals surface area contributed by atoms with Gasteiger partial charge in [0.15, 0.2) is 0 Å². The lowest BCUT2D eigenvalue weighted by Gasteiger charge is -2.19. The lowest BCUT2D eigenvalue weighted by molar-refractivity contribution is -0.137. The lowest BCUT2D eigenvalue weighted by atomic mass is 9.96. The molecule has 0 fully saturated rings. The first-order chi connectivity index (χ1) is 9.84. The summed E-state index contributed by atoms with van der Waals surface area (Å²) in [6.45, 7) is 0. The number of nitrogens with one attached hydrogen (secondary N) is 1. The second kappa shape index (κ2) is 6.15. The summed E-state index contributed by atoms with van der Waals surface area (Å²) < 4.78 is 52.8. The zero-order chi connectivity index (χ0) is 15.6. The Bertz CT molecular complexity index is 640. The Balaban J connectivity index is 2.49. The lowest BCUT2D eigenvalue weighted by Crippen LogP contribution is -2.20. The predicted molar refractivity (Wildman–Crippen MR) is 76.4 cm³/mol. The Kier molecular flexibility index (Phi) is 4.68. The van der Waals surface area contributed by atoms with Gasteiger partial charge in [-0.15, -0.1) is 0 Å². The van der Waals surface area contributed by atoms with Gasteiger partial charge in [-0.3, -0.25) is 0 Å². The van der Waals surface area contributed by atoms with Gasteiger partial charge < -0.3 is 5.32 Å². The van der Waals surface area contributed by atoms with Crippen LogP contribution < -0.4 is 5.32 Å². The third-order valence-corrected chi connectivity index (χ3v) is 3.74. The maximum absolute atomic E-state index is 14.1. The molecule has 0 saturated carbocycles. The van der Waals surface area contributed by atoms with E-state index < -0.39 is 23.6 Å².